The maximum atomic E-state index is 11.8. The lowest BCUT2D eigenvalue weighted by atomic mass is 9.90. The van der Waals surface area contributed by atoms with Crippen LogP contribution in [0, 0.1) is 5.41 Å². The standard InChI is InChI=1S/C25H28N6O/c26-24(27)15-23(32)5-4-18-2-1-3-21(14-18)22-16-29-25(30-17-22)31-12-8-20(9-13-31)19-6-10-28-11-7-19/h1-3,6-7,10-11,14,16-17,20H,4-5,8-9,12-13,15H2,(H3,26,27). The SMILES string of the molecule is N=C(N)CC(=O)CCc1cccc(-c2cnc(N3CCC(c4ccncc4)CC3)nc2)c1. The van der Waals surface area contributed by atoms with Crippen molar-refractivity contribution < 1.29 is 4.79 Å². The molecule has 1 saturated heterocycles. The van der Waals surface area contributed by atoms with Gasteiger partial charge in [-0.15, -0.1) is 0 Å². The molecular formula is C25H28N6O. The zero-order valence-corrected chi connectivity index (χ0v) is 18.1. The Morgan fingerprint density at radius 2 is 1.78 bits per heavy atom. The fourth-order valence-electron chi connectivity index (χ4n) is 4.17. The minimum Gasteiger partial charge on any atom is -0.387 e. The van der Waals surface area contributed by atoms with E-state index >= 15 is 0 Å². The predicted octanol–water partition coefficient (Wildman–Crippen LogP) is 3.75. The number of hydrogen-bond donors (Lipinski definition) is 2. The van der Waals surface area contributed by atoms with Gasteiger partial charge in [-0.05, 0) is 54.0 Å². The summed E-state index contributed by atoms with van der Waals surface area (Å²) in [7, 11) is 0. The maximum Gasteiger partial charge on any atom is 0.225 e. The molecule has 1 aromatic carbocycles. The number of rotatable bonds is 8. The van der Waals surface area contributed by atoms with Crippen LogP contribution in [-0.2, 0) is 11.2 Å². The summed E-state index contributed by atoms with van der Waals surface area (Å²) in [6, 6.07) is 12.3. The van der Waals surface area contributed by atoms with E-state index in [9.17, 15) is 4.79 Å². The number of aryl methyl sites for hydroxylation is 1. The average Bonchev–Trinajstić information content (AvgIpc) is 2.83. The van der Waals surface area contributed by atoms with Gasteiger partial charge in [0.2, 0.25) is 5.95 Å². The molecule has 0 atom stereocenters. The molecule has 3 N–H and O–H groups in total. The summed E-state index contributed by atoms with van der Waals surface area (Å²) < 4.78 is 0. The van der Waals surface area contributed by atoms with Crippen LogP contribution in [0.5, 0.6) is 0 Å². The molecule has 0 saturated carbocycles. The molecule has 1 fully saturated rings. The number of ketones is 1. The van der Waals surface area contributed by atoms with E-state index in [4.69, 9.17) is 11.1 Å². The van der Waals surface area contributed by atoms with Gasteiger partial charge in [-0.1, -0.05) is 24.3 Å². The van der Waals surface area contributed by atoms with Crippen LogP contribution in [0.4, 0.5) is 5.95 Å². The number of amidine groups is 1. The molecule has 32 heavy (non-hydrogen) atoms. The number of hydrogen-bond acceptors (Lipinski definition) is 6. The molecule has 0 spiro atoms. The summed E-state index contributed by atoms with van der Waals surface area (Å²) in [4.78, 5) is 27.4. The Balaban J connectivity index is 1.36. The molecule has 0 bridgehead atoms. The van der Waals surface area contributed by atoms with Crippen molar-refractivity contribution in [1.82, 2.24) is 15.0 Å². The first-order valence-corrected chi connectivity index (χ1v) is 11.0. The summed E-state index contributed by atoms with van der Waals surface area (Å²) in [5.74, 6) is 1.25. The van der Waals surface area contributed by atoms with Crippen LogP contribution in [0.2, 0.25) is 0 Å². The third kappa shape index (κ3) is 5.55. The van der Waals surface area contributed by atoms with Crippen LogP contribution in [0.3, 0.4) is 0 Å². The van der Waals surface area contributed by atoms with Crippen molar-refractivity contribution >= 4 is 17.6 Å². The highest BCUT2D eigenvalue weighted by atomic mass is 16.1. The number of piperidine rings is 1. The number of carbonyl (C=O) groups is 1. The number of anilines is 1. The van der Waals surface area contributed by atoms with Gasteiger partial charge in [-0.2, -0.15) is 0 Å². The van der Waals surface area contributed by atoms with Crippen molar-refractivity contribution in [2.24, 2.45) is 5.73 Å². The molecule has 7 heteroatoms. The monoisotopic (exact) mass is 428 g/mol. The molecule has 0 radical (unpaired) electrons. The van der Waals surface area contributed by atoms with Crippen molar-refractivity contribution in [3.05, 3.63) is 72.3 Å². The Hall–Kier alpha value is -3.61. The Morgan fingerprint density at radius 1 is 1.06 bits per heavy atom. The highest BCUT2D eigenvalue weighted by Gasteiger charge is 2.22. The lowest BCUT2D eigenvalue weighted by Gasteiger charge is -2.32. The topological polar surface area (TPSA) is 109 Å². The summed E-state index contributed by atoms with van der Waals surface area (Å²) in [6.07, 6.45) is 10.7. The second-order valence-corrected chi connectivity index (χ2v) is 8.25. The van der Waals surface area contributed by atoms with E-state index in [1.165, 1.54) is 5.56 Å². The molecule has 3 heterocycles. The summed E-state index contributed by atoms with van der Waals surface area (Å²) in [6.45, 7) is 1.88. The quantitative estimate of drug-likeness (QED) is 0.418. The van der Waals surface area contributed by atoms with Crippen LogP contribution in [0.15, 0.2) is 61.2 Å². The first-order chi connectivity index (χ1) is 15.6. The van der Waals surface area contributed by atoms with Crippen molar-refractivity contribution in [1.29, 1.82) is 5.41 Å². The zero-order chi connectivity index (χ0) is 22.3. The Bertz CT molecular complexity index is 1060. The van der Waals surface area contributed by atoms with E-state index in [-0.39, 0.29) is 18.0 Å². The second-order valence-electron chi connectivity index (χ2n) is 8.25. The number of nitrogens with two attached hydrogens (primary N) is 1. The Morgan fingerprint density at radius 3 is 2.47 bits per heavy atom. The molecule has 7 nitrogen and oxygen atoms in total. The van der Waals surface area contributed by atoms with Gasteiger partial charge in [0.25, 0.3) is 0 Å². The van der Waals surface area contributed by atoms with Crippen LogP contribution >= 0.6 is 0 Å². The van der Waals surface area contributed by atoms with Crippen LogP contribution in [0.1, 0.15) is 42.7 Å². The van der Waals surface area contributed by atoms with Crippen molar-refractivity contribution in [3.8, 4) is 11.1 Å². The largest absolute Gasteiger partial charge is 0.387 e. The van der Waals surface area contributed by atoms with E-state index in [1.807, 2.05) is 43.0 Å². The highest BCUT2D eigenvalue weighted by Crippen LogP contribution is 2.29. The lowest BCUT2D eigenvalue weighted by Crippen LogP contribution is -2.34. The van der Waals surface area contributed by atoms with Gasteiger partial charge in [0.15, 0.2) is 0 Å². The fourth-order valence-corrected chi connectivity index (χ4v) is 4.17. The van der Waals surface area contributed by atoms with E-state index in [2.05, 4.69) is 38.1 Å². The predicted molar refractivity (Wildman–Crippen MR) is 126 cm³/mol. The Kier molecular flexibility index (Phi) is 6.84. The number of nitrogens with zero attached hydrogens (tertiary/aromatic N) is 4. The molecule has 0 aliphatic carbocycles. The Labute approximate surface area is 188 Å². The molecule has 164 valence electrons. The third-order valence-electron chi connectivity index (χ3n) is 5.93. The molecule has 4 rings (SSSR count). The lowest BCUT2D eigenvalue weighted by molar-refractivity contribution is -0.117. The second kappa shape index (κ2) is 10.1. The van der Waals surface area contributed by atoms with Crippen molar-refractivity contribution in [2.45, 2.75) is 38.0 Å². The van der Waals surface area contributed by atoms with Gasteiger partial charge in [0.05, 0.1) is 12.3 Å². The van der Waals surface area contributed by atoms with Gasteiger partial charge in [-0.3, -0.25) is 15.2 Å². The van der Waals surface area contributed by atoms with Crippen LogP contribution < -0.4 is 10.6 Å². The first kappa shape index (κ1) is 21.6. The van der Waals surface area contributed by atoms with Crippen molar-refractivity contribution in [2.75, 3.05) is 18.0 Å². The number of aromatic nitrogens is 3. The normalized spacial score (nSPS) is 14.3. The summed E-state index contributed by atoms with van der Waals surface area (Å²) >= 11 is 0. The van der Waals surface area contributed by atoms with E-state index in [0.717, 1.165) is 48.6 Å². The van der Waals surface area contributed by atoms with Crippen molar-refractivity contribution in [3.63, 3.8) is 0 Å². The summed E-state index contributed by atoms with van der Waals surface area (Å²) in [5.41, 5.74) is 9.72. The van der Waals surface area contributed by atoms with Gasteiger partial charge in [0, 0.05) is 49.9 Å². The first-order valence-electron chi connectivity index (χ1n) is 11.0. The minimum atomic E-state index is -0.0809. The van der Waals surface area contributed by atoms with E-state index in [0.29, 0.717) is 18.8 Å². The highest BCUT2D eigenvalue weighted by molar-refractivity contribution is 5.98. The molecule has 2 aromatic heterocycles. The van der Waals surface area contributed by atoms with Crippen LogP contribution in [-0.4, -0.2) is 39.7 Å². The molecule has 3 aromatic rings. The van der Waals surface area contributed by atoms with E-state index in [1.54, 1.807) is 0 Å². The fraction of sp³-hybridized carbons (Fsp3) is 0.320. The van der Waals surface area contributed by atoms with E-state index < -0.39 is 0 Å². The van der Waals surface area contributed by atoms with Gasteiger partial charge < -0.3 is 10.6 Å². The number of Topliss-reactive ketones (excluding diaryl/α,β-unsaturated/α-hetero) is 1. The summed E-state index contributed by atoms with van der Waals surface area (Å²) in [5, 5.41) is 7.23. The number of nitrogens with one attached hydrogen (secondary N) is 1. The molecule has 0 amide bonds. The minimum absolute atomic E-state index is 0.0108. The molecule has 1 aliphatic heterocycles. The molecule has 0 unspecified atom stereocenters. The maximum absolute atomic E-state index is 11.8. The smallest absolute Gasteiger partial charge is 0.225 e. The van der Waals surface area contributed by atoms with Gasteiger partial charge >= 0.3 is 0 Å². The zero-order valence-electron chi connectivity index (χ0n) is 18.1. The number of pyridine rings is 1. The number of carbonyl (C=O) groups excluding carboxylic acids is 1. The molecular weight excluding hydrogens is 400 g/mol. The average molecular weight is 429 g/mol. The third-order valence-corrected chi connectivity index (χ3v) is 5.93. The van der Waals surface area contributed by atoms with Gasteiger partial charge in [0.1, 0.15) is 5.78 Å². The molecule has 1 aliphatic rings. The number of benzene rings is 1. The van der Waals surface area contributed by atoms with Crippen LogP contribution in [0.25, 0.3) is 11.1 Å². The van der Waals surface area contributed by atoms with Gasteiger partial charge in [-0.25, -0.2) is 9.97 Å².